The molecule has 1 aromatic rings. The van der Waals surface area contributed by atoms with Gasteiger partial charge in [-0.25, -0.2) is 8.42 Å². The van der Waals surface area contributed by atoms with Gasteiger partial charge in [0.25, 0.3) is 0 Å². The Kier molecular flexibility index (Phi) is 3.40. The molecular formula is C16H19NO3S. The van der Waals surface area contributed by atoms with Crippen molar-refractivity contribution in [2.75, 3.05) is 6.54 Å². The van der Waals surface area contributed by atoms with Gasteiger partial charge in [0.05, 0.1) is 4.90 Å². The van der Waals surface area contributed by atoms with Gasteiger partial charge in [0.15, 0.2) is 15.1 Å². The summed E-state index contributed by atoms with van der Waals surface area (Å²) in [6.45, 7) is 6.33. The van der Waals surface area contributed by atoms with Crippen LogP contribution in [-0.2, 0) is 14.6 Å². The maximum absolute atomic E-state index is 12.9. The predicted octanol–water partition coefficient (Wildman–Crippen LogP) is 1.94. The first kappa shape index (κ1) is 14.3. The molecule has 2 fully saturated rings. The zero-order chi connectivity index (χ0) is 15.2. The highest BCUT2D eigenvalue weighted by atomic mass is 32.2. The summed E-state index contributed by atoms with van der Waals surface area (Å²) in [6.07, 6.45) is 3.45. The Bertz CT molecular complexity index is 678. The summed E-state index contributed by atoms with van der Waals surface area (Å²) in [4.78, 5) is 14.5. The van der Waals surface area contributed by atoms with Crippen LogP contribution < -0.4 is 0 Å². The zero-order valence-electron chi connectivity index (χ0n) is 12.0. The van der Waals surface area contributed by atoms with E-state index in [0.717, 1.165) is 18.4 Å². The lowest BCUT2D eigenvalue weighted by molar-refractivity contribution is -0.127. The number of sulfone groups is 1. The van der Waals surface area contributed by atoms with Crippen LogP contribution in [0.4, 0.5) is 0 Å². The lowest BCUT2D eigenvalue weighted by atomic mass is 9.98. The maximum atomic E-state index is 12.9. The highest BCUT2D eigenvalue weighted by Crippen LogP contribution is 2.39. The Labute approximate surface area is 125 Å². The van der Waals surface area contributed by atoms with E-state index in [1.54, 1.807) is 35.2 Å². The summed E-state index contributed by atoms with van der Waals surface area (Å²) < 4.78 is 25.7. The van der Waals surface area contributed by atoms with Gasteiger partial charge in [0, 0.05) is 18.5 Å². The van der Waals surface area contributed by atoms with Crippen molar-refractivity contribution < 1.29 is 13.2 Å². The van der Waals surface area contributed by atoms with Gasteiger partial charge in [-0.1, -0.05) is 23.8 Å². The van der Waals surface area contributed by atoms with E-state index in [1.807, 2.05) is 6.92 Å². The van der Waals surface area contributed by atoms with Crippen LogP contribution in [0.2, 0.25) is 0 Å². The summed E-state index contributed by atoms with van der Waals surface area (Å²) in [5, 5.41) is -1.01. The van der Waals surface area contributed by atoms with Gasteiger partial charge in [0.2, 0.25) is 5.91 Å². The first-order valence-electron chi connectivity index (χ1n) is 7.20. The third kappa shape index (κ3) is 2.11. The summed E-state index contributed by atoms with van der Waals surface area (Å²) in [6, 6.07) is 6.69. The monoisotopic (exact) mass is 305 g/mol. The molecule has 2 heterocycles. The molecule has 0 bridgehead atoms. The summed E-state index contributed by atoms with van der Waals surface area (Å²) >= 11 is 0. The molecule has 2 saturated heterocycles. The van der Waals surface area contributed by atoms with E-state index >= 15 is 0 Å². The average Bonchev–Trinajstić information content (AvgIpc) is 3.01. The molecule has 0 aliphatic carbocycles. The quantitative estimate of drug-likeness (QED) is 0.802. The van der Waals surface area contributed by atoms with Gasteiger partial charge in [-0.05, 0) is 31.9 Å². The molecule has 2 unspecified atom stereocenters. The molecule has 2 aliphatic heterocycles. The van der Waals surface area contributed by atoms with E-state index in [-0.39, 0.29) is 22.8 Å². The standard InChI is InChI=1S/C16H19NO3S/c1-3-13-14-5-4-10-17(14)16(18)15(13)21(19,20)12-8-6-11(2)7-9-12/h3,6-9,13-15H,1,4-5,10H2,2H3/t13?,14?,15-/m1/s1. The van der Waals surface area contributed by atoms with Crippen molar-refractivity contribution in [3.05, 3.63) is 42.5 Å². The molecule has 0 aromatic heterocycles. The van der Waals surface area contributed by atoms with E-state index in [9.17, 15) is 13.2 Å². The van der Waals surface area contributed by atoms with Crippen LogP contribution in [0, 0.1) is 12.8 Å². The molecule has 2 aliphatic rings. The van der Waals surface area contributed by atoms with Crippen LogP contribution >= 0.6 is 0 Å². The first-order valence-corrected chi connectivity index (χ1v) is 8.75. The Morgan fingerprint density at radius 3 is 2.57 bits per heavy atom. The van der Waals surface area contributed by atoms with Crippen molar-refractivity contribution in [2.45, 2.75) is 36.0 Å². The van der Waals surface area contributed by atoms with Crippen LogP contribution in [0.5, 0.6) is 0 Å². The number of benzene rings is 1. The zero-order valence-corrected chi connectivity index (χ0v) is 12.8. The second-order valence-corrected chi connectivity index (χ2v) is 7.90. The number of rotatable bonds is 3. The van der Waals surface area contributed by atoms with Gasteiger partial charge in [-0.15, -0.1) is 6.58 Å². The first-order chi connectivity index (χ1) is 9.96. The fourth-order valence-corrected chi connectivity index (χ4v) is 5.41. The Balaban J connectivity index is 2.03. The fourth-order valence-electron chi connectivity index (χ4n) is 3.49. The molecule has 3 rings (SSSR count). The molecule has 112 valence electrons. The molecule has 0 spiro atoms. The van der Waals surface area contributed by atoms with Crippen molar-refractivity contribution in [2.24, 2.45) is 5.92 Å². The Hall–Kier alpha value is -1.62. The molecule has 1 aromatic carbocycles. The van der Waals surface area contributed by atoms with Gasteiger partial charge < -0.3 is 4.90 Å². The molecule has 5 heteroatoms. The lowest BCUT2D eigenvalue weighted by Gasteiger charge is -2.18. The number of carbonyl (C=O) groups is 1. The molecule has 0 radical (unpaired) electrons. The van der Waals surface area contributed by atoms with Crippen molar-refractivity contribution in [1.29, 1.82) is 0 Å². The summed E-state index contributed by atoms with van der Waals surface area (Å²) in [7, 11) is -3.67. The van der Waals surface area contributed by atoms with Crippen LogP contribution in [0.15, 0.2) is 41.8 Å². The van der Waals surface area contributed by atoms with E-state index < -0.39 is 15.1 Å². The molecule has 3 atom stereocenters. The maximum Gasteiger partial charge on any atom is 0.242 e. The number of amides is 1. The topological polar surface area (TPSA) is 54.5 Å². The van der Waals surface area contributed by atoms with E-state index in [2.05, 4.69) is 6.58 Å². The number of hydrogen-bond donors (Lipinski definition) is 0. The Morgan fingerprint density at radius 1 is 1.29 bits per heavy atom. The molecule has 21 heavy (non-hydrogen) atoms. The van der Waals surface area contributed by atoms with Gasteiger partial charge >= 0.3 is 0 Å². The molecular weight excluding hydrogens is 286 g/mol. The highest BCUT2D eigenvalue weighted by molar-refractivity contribution is 7.92. The second kappa shape index (κ2) is 4.98. The number of aryl methyl sites for hydroxylation is 1. The molecule has 0 saturated carbocycles. The highest BCUT2D eigenvalue weighted by Gasteiger charge is 2.54. The van der Waals surface area contributed by atoms with Crippen LogP contribution in [0.25, 0.3) is 0 Å². The van der Waals surface area contributed by atoms with Crippen molar-refractivity contribution >= 4 is 15.7 Å². The van der Waals surface area contributed by atoms with Crippen molar-refractivity contribution in [3.63, 3.8) is 0 Å². The van der Waals surface area contributed by atoms with E-state index in [1.165, 1.54) is 0 Å². The molecule has 1 amide bonds. The van der Waals surface area contributed by atoms with Crippen molar-refractivity contribution in [3.8, 4) is 0 Å². The van der Waals surface area contributed by atoms with E-state index in [4.69, 9.17) is 0 Å². The van der Waals surface area contributed by atoms with Crippen molar-refractivity contribution in [1.82, 2.24) is 4.90 Å². The van der Waals surface area contributed by atoms with Crippen LogP contribution in [0.1, 0.15) is 18.4 Å². The third-order valence-electron chi connectivity index (χ3n) is 4.58. The second-order valence-electron chi connectivity index (χ2n) is 5.83. The summed E-state index contributed by atoms with van der Waals surface area (Å²) in [5.74, 6) is -0.575. The minimum Gasteiger partial charge on any atom is -0.338 e. The van der Waals surface area contributed by atoms with E-state index in [0.29, 0.717) is 6.54 Å². The smallest absolute Gasteiger partial charge is 0.242 e. The molecule has 0 N–H and O–H groups in total. The minimum absolute atomic E-state index is 0.000207. The fraction of sp³-hybridized carbons (Fsp3) is 0.438. The number of carbonyl (C=O) groups excluding carboxylic acids is 1. The number of fused-ring (bicyclic) bond motifs is 1. The van der Waals surface area contributed by atoms with Crippen LogP contribution in [0.3, 0.4) is 0 Å². The predicted molar refractivity (Wildman–Crippen MR) is 80.6 cm³/mol. The third-order valence-corrected chi connectivity index (χ3v) is 6.69. The van der Waals surface area contributed by atoms with Crippen LogP contribution in [-0.4, -0.2) is 37.1 Å². The minimum atomic E-state index is -3.67. The lowest BCUT2D eigenvalue weighted by Crippen LogP contribution is -2.35. The van der Waals surface area contributed by atoms with Gasteiger partial charge in [-0.3, -0.25) is 4.79 Å². The number of hydrogen-bond acceptors (Lipinski definition) is 3. The SMILES string of the molecule is C=CC1C2CCCN2C(=O)[C@@H]1S(=O)(=O)c1ccc(C)cc1. The average molecular weight is 305 g/mol. The Morgan fingerprint density at radius 2 is 1.95 bits per heavy atom. The summed E-state index contributed by atoms with van der Waals surface area (Å²) in [5.41, 5.74) is 0.993. The normalized spacial score (nSPS) is 28.7. The number of nitrogens with zero attached hydrogens (tertiary/aromatic N) is 1. The van der Waals surface area contributed by atoms with Gasteiger partial charge in [-0.2, -0.15) is 0 Å². The van der Waals surface area contributed by atoms with Gasteiger partial charge in [0.1, 0.15) is 0 Å². The molecule has 4 nitrogen and oxygen atoms in total. The largest absolute Gasteiger partial charge is 0.338 e.